The Morgan fingerprint density at radius 1 is 1.33 bits per heavy atom. The topological polar surface area (TPSA) is 72.2 Å². The van der Waals surface area contributed by atoms with Gasteiger partial charge in [0.1, 0.15) is 5.52 Å². The number of benzene rings is 1. The van der Waals surface area contributed by atoms with E-state index in [1.165, 1.54) is 12.1 Å². The third-order valence-corrected chi connectivity index (χ3v) is 5.41. The second kappa shape index (κ2) is 5.59. The van der Waals surface area contributed by atoms with Gasteiger partial charge in [-0.25, -0.2) is 18.1 Å². The SMILES string of the molecule is Cc1nc2cc(S(=O)(=O)NCCc3cccs3)ccc2o1. The molecule has 0 bridgehead atoms. The molecule has 0 saturated heterocycles. The first-order valence-electron chi connectivity index (χ1n) is 6.44. The molecule has 1 aromatic carbocycles. The molecule has 3 aromatic rings. The summed E-state index contributed by atoms with van der Waals surface area (Å²) < 4.78 is 32.4. The molecule has 0 amide bonds. The van der Waals surface area contributed by atoms with Crippen LogP contribution in [0.3, 0.4) is 0 Å². The summed E-state index contributed by atoms with van der Waals surface area (Å²) in [5, 5.41) is 1.98. The van der Waals surface area contributed by atoms with Gasteiger partial charge in [-0.2, -0.15) is 0 Å². The Morgan fingerprint density at radius 3 is 2.95 bits per heavy atom. The normalized spacial score (nSPS) is 12.0. The van der Waals surface area contributed by atoms with Gasteiger partial charge in [-0.1, -0.05) is 6.07 Å². The molecular formula is C14H14N2O3S2. The van der Waals surface area contributed by atoms with E-state index in [1.807, 2.05) is 17.5 Å². The number of oxazole rings is 1. The predicted molar refractivity (Wildman–Crippen MR) is 82.0 cm³/mol. The molecule has 0 radical (unpaired) electrons. The number of rotatable bonds is 5. The van der Waals surface area contributed by atoms with Gasteiger partial charge in [-0.3, -0.25) is 0 Å². The van der Waals surface area contributed by atoms with E-state index >= 15 is 0 Å². The minimum Gasteiger partial charge on any atom is -0.441 e. The molecular weight excluding hydrogens is 308 g/mol. The summed E-state index contributed by atoms with van der Waals surface area (Å²) in [6, 6.07) is 8.63. The fourth-order valence-electron chi connectivity index (χ4n) is 2.04. The highest BCUT2D eigenvalue weighted by atomic mass is 32.2. The van der Waals surface area contributed by atoms with E-state index in [-0.39, 0.29) is 4.90 Å². The van der Waals surface area contributed by atoms with Crippen molar-refractivity contribution in [2.45, 2.75) is 18.2 Å². The van der Waals surface area contributed by atoms with Crippen LogP contribution in [-0.2, 0) is 16.4 Å². The summed E-state index contributed by atoms with van der Waals surface area (Å²) in [5.41, 5.74) is 1.14. The smallest absolute Gasteiger partial charge is 0.240 e. The Labute approximate surface area is 126 Å². The minimum absolute atomic E-state index is 0.203. The minimum atomic E-state index is -3.52. The summed E-state index contributed by atoms with van der Waals surface area (Å²) >= 11 is 1.62. The average Bonchev–Trinajstić information content (AvgIpc) is 3.05. The van der Waals surface area contributed by atoms with Crippen LogP contribution >= 0.6 is 11.3 Å². The fourth-order valence-corrected chi connectivity index (χ4v) is 3.80. The summed E-state index contributed by atoms with van der Waals surface area (Å²) in [7, 11) is -3.52. The van der Waals surface area contributed by atoms with Crippen molar-refractivity contribution < 1.29 is 12.8 Å². The van der Waals surface area contributed by atoms with Crippen LogP contribution in [0.5, 0.6) is 0 Å². The lowest BCUT2D eigenvalue weighted by Crippen LogP contribution is -2.25. The van der Waals surface area contributed by atoms with Crippen LogP contribution in [0.1, 0.15) is 10.8 Å². The van der Waals surface area contributed by atoms with Gasteiger partial charge in [-0.15, -0.1) is 11.3 Å². The Bertz CT molecular complexity index is 852. The third kappa shape index (κ3) is 3.15. The maximum absolute atomic E-state index is 12.2. The number of fused-ring (bicyclic) bond motifs is 1. The highest BCUT2D eigenvalue weighted by Crippen LogP contribution is 2.19. The van der Waals surface area contributed by atoms with E-state index in [9.17, 15) is 8.42 Å². The molecule has 0 saturated carbocycles. The fraction of sp³-hybridized carbons (Fsp3) is 0.214. The largest absolute Gasteiger partial charge is 0.441 e. The van der Waals surface area contributed by atoms with Gasteiger partial charge in [0, 0.05) is 18.3 Å². The number of nitrogens with one attached hydrogen (secondary N) is 1. The first kappa shape index (κ1) is 14.2. The second-order valence-corrected chi connectivity index (χ2v) is 7.39. The summed E-state index contributed by atoms with van der Waals surface area (Å²) in [4.78, 5) is 5.51. The Morgan fingerprint density at radius 2 is 2.19 bits per heavy atom. The van der Waals surface area contributed by atoms with Gasteiger partial charge in [-0.05, 0) is 36.1 Å². The van der Waals surface area contributed by atoms with E-state index < -0.39 is 10.0 Å². The highest BCUT2D eigenvalue weighted by molar-refractivity contribution is 7.89. The monoisotopic (exact) mass is 322 g/mol. The predicted octanol–water partition coefficient (Wildman–Crippen LogP) is 2.72. The molecule has 7 heteroatoms. The van der Waals surface area contributed by atoms with E-state index in [0.29, 0.717) is 30.0 Å². The maximum Gasteiger partial charge on any atom is 0.240 e. The second-order valence-electron chi connectivity index (χ2n) is 4.59. The van der Waals surface area contributed by atoms with Crippen molar-refractivity contribution in [3.05, 3.63) is 46.5 Å². The van der Waals surface area contributed by atoms with Crippen LogP contribution in [0, 0.1) is 6.92 Å². The van der Waals surface area contributed by atoms with Crippen molar-refractivity contribution in [3.8, 4) is 0 Å². The first-order valence-corrected chi connectivity index (χ1v) is 8.80. The van der Waals surface area contributed by atoms with Crippen LogP contribution in [0.2, 0.25) is 0 Å². The molecule has 2 aromatic heterocycles. The number of nitrogens with zero attached hydrogens (tertiary/aromatic N) is 1. The number of sulfonamides is 1. The Kier molecular flexibility index (Phi) is 3.79. The van der Waals surface area contributed by atoms with E-state index in [0.717, 1.165) is 4.88 Å². The van der Waals surface area contributed by atoms with Gasteiger partial charge in [0.2, 0.25) is 10.0 Å². The molecule has 2 heterocycles. The Balaban J connectivity index is 1.75. The lowest BCUT2D eigenvalue weighted by molar-refractivity contribution is 0.561. The van der Waals surface area contributed by atoms with Crippen LogP contribution < -0.4 is 4.72 Å². The lowest BCUT2D eigenvalue weighted by atomic mass is 10.3. The van der Waals surface area contributed by atoms with Crippen molar-refractivity contribution in [2.24, 2.45) is 0 Å². The number of hydrogen-bond acceptors (Lipinski definition) is 5. The molecule has 0 unspecified atom stereocenters. The van der Waals surface area contributed by atoms with Gasteiger partial charge >= 0.3 is 0 Å². The maximum atomic E-state index is 12.2. The van der Waals surface area contributed by atoms with Crippen LogP contribution in [0.15, 0.2) is 45.0 Å². The zero-order chi connectivity index (χ0) is 14.9. The molecule has 0 atom stereocenters. The van der Waals surface area contributed by atoms with Crippen molar-refractivity contribution in [2.75, 3.05) is 6.54 Å². The van der Waals surface area contributed by atoms with Crippen LogP contribution in [-0.4, -0.2) is 19.9 Å². The van der Waals surface area contributed by atoms with Crippen molar-refractivity contribution in [1.29, 1.82) is 0 Å². The molecule has 21 heavy (non-hydrogen) atoms. The van der Waals surface area contributed by atoms with Crippen molar-refractivity contribution in [3.63, 3.8) is 0 Å². The van der Waals surface area contributed by atoms with E-state index in [4.69, 9.17) is 4.42 Å². The number of aromatic nitrogens is 1. The summed E-state index contributed by atoms with van der Waals surface area (Å²) in [6.45, 7) is 2.10. The molecule has 0 aliphatic rings. The summed E-state index contributed by atoms with van der Waals surface area (Å²) in [5.74, 6) is 0.519. The number of hydrogen-bond donors (Lipinski definition) is 1. The van der Waals surface area contributed by atoms with E-state index in [1.54, 1.807) is 24.3 Å². The van der Waals surface area contributed by atoms with Gasteiger partial charge in [0.05, 0.1) is 4.90 Å². The quantitative estimate of drug-likeness (QED) is 0.784. The van der Waals surface area contributed by atoms with Crippen LogP contribution in [0.25, 0.3) is 11.1 Å². The van der Waals surface area contributed by atoms with Crippen molar-refractivity contribution >= 4 is 32.5 Å². The molecule has 0 aliphatic heterocycles. The summed E-state index contributed by atoms with van der Waals surface area (Å²) in [6.07, 6.45) is 0.683. The number of aryl methyl sites for hydroxylation is 1. The molecule has 110 valence electrons. The highest BCUT2D eigenvalue weighted by Gasteiger charge is 2.15. The molecule has 1 N–H and O–H groups in total. The molecule has 0 aliphatic carbocycles. The van der Waals surface area contributed by atoms with Gasteiger partial charge < -0.3 is 4.42 Å². The molecule has 3 rings (SSSR count). The van der Waals surface area contributed by atoms with Crippen molar-refractivity contribution in [1.82, 2.24) is 9.71 Å². The lowest BCUT2D eigenvalue weighted by Gasteiger charge is -2.05. The standard InChI is InChI=1S/C14H14N2O3S2/c1-10-16-13-9-12(4-5-14(13)19-10)21(17,18)15-7-6-11-3-2-8-20-11/h2-5,8-9,15H,6-7H2,1H3. The molecule has 0 fully saturated rings. The zero-order valence-corrected chi connectivity index (χ0v) is 13.0. The first-order chi connectivity index (χ1) is 10.0. The molecule has 0 spiro atoms. The Hall–Kier alpha value is -1.70. The average molecular weight is 322 g/mol. The zero-order valence-electron chi connectivity index (χ0n) is 11.4. The van der Waals surface area contributed by atoms with Gasteiger partial charge in [0.15, 0.2) is 11.5 Å². The third-order valence-electron chi connectivity index (χ3n) is 3.02. The van der Waals surface area contributed by atoms with Gasteiger partial charge in [0.25, 0.3) is 0 Å². The number of thiophene rings is 1. The van der Waals surface area contributed by atoms with E-state index in [2.05, 4.69) is 9.71 Å². The van der Waals surface area contributed by atoms with Crippen LogP contribution in [0.4, 0.5) is 0 Å². The molecule has 5 nitrogen and oxygen atoms in total.